The highest BCUT2D eigenvalue weighted by Crippen LogP contribution is 2.32. The second-order valence-corrected chi connectivity index (χ2v) is 6.89. The fraction of sp³-hybridized carbons (Fsp3) is 0.250. The summed E-state index contributed by atoms with van der Waals surface area (Å²) >= 11 is 0. The molecule has 1 unspecified atom stereocenters. The number of hydrogen-bond donors (Lipinski definition) is 0. The van der Waals surface area contributed by atoms with Crippen molar-refractivity contribution in [2.75, 3.05) is 0 Å². The van der Waals surface area contributed by atoms with E-state index in [0.717, 1.165) is 11.3 Å². The SMILES string of the molecule is Cc1ccc(C2Cn3nnc(-c4nc(-c5cccnc5)no4)c3CO2)c(C)c1. The number of rotatable bonds is 3. The molecule has 8 nitrogen and oxygen atoms in total. The lowest BCUT2D eigenvalue weighted by Gasteiger charge is -2.25. The van der Waals surface area contributed by atoms with E-state index in [1.807, 2.05) is 16.8 Å². The minimum absolute atomic E-state index is 0.0590. The molecule has 28 heavy (non-hydrogen) atoms. The van der Waals surface area contributed by atoms with Gasteiger partial charge < -0.3 is 9.26 Å². The Bertz CT molecular complexity index is 1130. The molecule has 1 aromatic carbocycles. The van der Waals surface area contributed by atoms with Gasteiger partial charge in [-0.05, 0) is 37.1 Å². The van der Waals surface area contributed by atoms with Crippen molar-refractivity contribution >= 4 is 0 Å². The van der Waals surface area contributed by atoms with E-state index in [2.05, 4.69) is 57.5 Å². The first-order chi connectivity index (χ1) is 13.7. The summed E-state index contributed by atoms with van der Waals surface area (Å²) in [6.45, 7) is 5.16. The molecule has 0 radical (unpaired) electrons. The minimum Gasteiger partial charge on any atom is -0.365 e. The third-order valence-electron chi connectivity index (χ3n) is 4.92. The normalized spacial score (nSPS) is 16.1. The van der Waals surface area contributed by atoms with Gasteiger partial charge in [0, 0.05) is 18.0 Å². The van der Waals surface area contributed by atoms with Crippen LogP contribution in [0.25, 0.3) is 23.0 Å². The zero-order valence-electron chi connectivity index (χ0n) is 15.5. The van der Waals surface area contributed by atoms with Gasteiger partial charge in [0.05, 0.1) is 18.8 Å². The maximum atomic E-state index is 6.12. The first-order valence-corrected chi connectivity index (χ1v) is 9.04. The summed E-state index contributed by atoms with van der Waals surface area (Å²) in [6.07, 6.45) is 3.33. The molecule has 0 N–H and O–H groups in total. The van der Waals surface area contributed by atoms with Crippen LogP contribution in [-0.2, 0) is 17.9 Å². The molecule has 140 valence electrons. The molecular weight excluding hydrogens is 356 g/mol. The van der Waals surface area contributed by atoms with E-state index in [9.17, 15) is 0 Å². The largest absolute Gasteiger partial charge is 0.365 e. The van der Waals surface area contributed by atoms with Crippen molar-refractivity contribution in [2.45, 2.75) is 33.1 Å². The molecule has 0 aliphatic carbocycles. The lowest BCUT2D eigenvalue weighted by molar-refractivity contribution is -0.00153. The summed E-state index contributed by atoms with van der Waals surface area (Å²) in [4.78, 5) is 8.52. The van der Waals surface area contributed by atoms with Crippen molar-refractivity contribution in [3.05, 3.63) is 65.1 Å². The standard InChI is InChI=1S/C20H18N6O2/c1-12-5-6-15(13(2)8-12)17-10-26-16(11-27-17)18(23-25-26)20-22-19(24-28-20)14-4-3-7-21-9-14/h3-9,17H,10-11H2,1-2H3. The summed E-state index contributed by atoms with van der Waals surface area (Å²) in [5.41, 5.74) is 5.80. The van der Waals surface area contributed by atoms with Gasteiger partial charge in [0.25, 0.3) is 5.89 Å². The predicted molar refractivity (Wildman–Crippen MR) is 100.0 cm³/mol. The summed E-state index contributed by atoms with van der Waals surface area (Å²) < 4.78 is 13.4. The summed E-state index contributed by atoms with van der Waals surface area (Å²) in [6, 6.07) is 10.1. The van der Waals surface area contributed by atoms with E-state index < -0.39 is 0 Å². The van der Waals surface area contributed by atoms with E-state index in [4.69, 9.17) is 9.26 Å². The molecule has 0 spiro atoms. The fourth-order valence-electron chi connectivity index (χ4n) is 3.48. The monoisotopic (exact) mass is 374 g/mol. The Balaban J connectivity index is 1.43. The van der Waals surface area contributed by atoms with Crippen LogP contribution >= 0.6 is 0 Å². The number of nitrogens with zero attached hydrogens (tertiary/aromatic N) is 6. The van der Waals surface area contributed by atoms with Crippen LogP contribution in [0.1, 0.15) is 28.5 Å². The molecule has 1 aliphatic heterocycles. The lowest BCUT2D eigenvalue weighted by atomic mass is 10.0. The molecule has 1 atom stereocenters. The Kier molecular flexibility index (Phi) is 3.98. The van der Waals surface area contributed by atoms with Crippen LogP contribution in [0, 0.1) is 13.8 Å². The highest BCUT2D eigenvalue weighted by atomic mass is 16.5. The van der Waals surface area contributed by atoms with Crippen LogP contribution in [-0.4, -0.2) is 30.1 Å². The molecular formula is C20H18N6O2. The number of benzene rings is 1. The zero-order chi connectivity index (χ0) is 19.1. The van der Waals surface area contributed by atoms with Gasteiger partial charge in [-0.2, -0.15) is 4.98 Å². The van der Waals surface area contributed by atoms with Crippen molar-refractivity contribution in [1.29, 1.82) is 0 Å². The van der Waals surface area contributed by atoms with Gasteiger partial charge in [-0.3, -0.25) is 4.98 Å². The molecule has 4 heterocycles. The molecule has 3 aromatic heterocycles. The highest BCUT2D eigenvalue weighted by Gasteiger charge is 2.28. The molecule has 0 fully saturated rings. The van der Waals surface area contributed by atoms with E-state index in [1.165, 1.54) is 16.7 Å². The average molecular weight is 374 g/mol. The average Bonchev–Trinajstić information content (AvgIpc) is 3.35. The van der Waals surface area contributed by atoms with Crippen molar-refractivity contribution in [3.8, 4) is 23.0 Å². The number of hydrogen-bond acceptors (Lipinski definition) is 7. The first kappa shape index (κ1) is 16.8. The fourth-order valence-corrected chi connectivity index (χ4v) is 3.48. The summed E-state index contributed by atoms with van der Waals surface area (Å²) in [5.74, 6) is 0.795. The summed E-state index contributed by atoms with van der Waals surface area (Å²) in [5, 5.41) is 12.6. The van der Waals surface area contributed by atoms with Crippen LogP contribution in [0.5, 0.6) is 0 Å². The van der Waals surface area contributed by atoms with Gasteiger partial charge in [0.2, 0.25) is 5.82 Å². The molecule has 4 aromatic rings. The summed E-state index contributed by atoms with van der Waals surface area (Å²) in [7, 11) is 0. The lowest BCUT2D eigenvalue weighted by Crippen LogP contribution is -2.22. The molecule has 0 saturated carbocycles. The van der Waals surface area contributed by atoms with E-state index in [1.54, 1.807) is 12.4 Å². The van der Waals surface area contributed by atoms with Crippen molar-refractivity contribution < 1.29 is 9.26 Å². The Morgan fingerprint density at radius 1 is 1.18 bits per heavy atom. The van der Waals surface area contributed by atoms with Crippen LogP contribution in [0.3, 0.4) is 0 Å². The number of fused-ring (bicyclic) bond motifs is 1. The van der Waals surface area contributed by atoms with Gasteiger partial charge in [-0.25, -0.2) is 4.68 Å². The molecule has 5 rings (SSSR count). The number of aryl methyl sites for hydroxylation is 2. The number of ether oxygens (including phenoxy) is 1. The van der Waals surface area contributed by atoms with Crippen molar-refractivity contribution in [3.63, 3.8) is 0 Å². The van der Waals surface area contributed by atoms with Gasteiger partial charge in [-0.15, -0.1) is 5.10 Å². The Morgan fingerprint density at radius 3 is 2.93 bits per heavy atom. The third kappa shape index (κ3) is 2.87. The van der Waals surface area contributed by atoms with Gasteiger partial charge in [0.1, 0.15) is 6.10 Å². The van der Waals surface area contributed by atoms with E-state index in [0.29, 0.717) is 30.6 Å². The second-order valence-electron chi connectivity index (χ2n) is 6.89. The maximum Gasteiger partial charge on any atom is 0.280 e. The molecule has 0 amide bonds. The third-order valence-corrected chi connectivity index (χ3v) is 4.92. The van der Waals surface area contributed by atoms with Crippen LogP contribution in [0.15, 0.2) is 47.2 Å². The highest BCUT2D eigenvalue weighted by molar-refractivity contribution is 5.57. The first-order valence-electron chi connectivity index (χ1n) is 9.04. The Morgan fingerprint density at radius 2 is 2.11 bits per heavy atom. The topological polar surface area (TPSA) is 91.8 Å². The quantitative estimate of drug-likeness (QED) is 0.543. The molecule has 0 saturated heterocycles. The van der Waals surface area contributed by atoms with Crippen molar-refractivity contribution in [2.24, 2.45) is 0 Å². The van der Waals surface area contributed by atoms with Crippen LogP contribution in [0.2, 0.25) is 0 Å². The molecule has 1 aliphatic rings. The van der Waals surface area contributed by atoms with Gasteiger partial charge >= 0.3 is 0 Å². The minimum atomic E-state index is -0.0590. The number of pyridine rings is 1. The smallest absolute Gasteiger partial charge is 0.280 e. The second kappa shape index (κ2) is 6.65. The van der Waals surface area contributed by atoms with Crippen LogP contribution in [0.4, 0.5) is 0 Å². The predicted octanol–water partition coefficient (Wildman–Crippen LogP) is 3.28. The van der Waals surface area contributed by atoms with Gasteiger partial charge in [0.15, 0.2) is 5.69 Å². The van der Waals surface area contributed by atoms with E-state index >= 15 is 0 Å². The zero-order valence-corrected chi connectivity index (χ0v) is 15.5. The Hall–Kier alpha value is -3.39. The van der Waals surface area contributed by atoms with Crippen molar-refractivity contribution in [1.82, 2.24) is 30.1 Å². The maximum absolute atomic E-state index is 6.12. The molecule has 0 bridgehead atoms. The van der Waals surface area contributed by atoms with Crippen LogP contribution < -0.4 is 0 Å². The number of aromatic nitrogens is 6. The van der Waals surface area contributed by atoms with Gasteiger partial charge in [-0.1, -0.05) is 34.1 Å². The Labute approximate surface area is 161 Å². The van der Waals surface area contributed by atoms with E-state index in [-0.39, 0.29) is 6.10 Å². The molecule has 8 heteroatoms.